The van der Waals surface area contributed by atoms with Gasteiger partial charge >= 0.3 is 5.97 Å². The van der Waals surface area contributed by atoms with E-state index in [9.17, 15) is 44.1 Å². The SMILES string of the molecule is CC(C)[C@H](NC(=O)[C@@H](N)[C@@H](C)O)C(=O)N[C@H](C(=O)N[C@@H](Cc1c[nH]c2ccccc12)C(=O)N[C@@H](CC(N)=O)C(=O)O)[C@@H](C)O. The van der Waals surface area contributed by atoms with Crippen LogP contribution >= 0.6 is 0 Å². The van der Waals surface area contributed by atoms with Crippen molar-refractivity contribution < 1.29 is 44.1 Å². The fraction of sp³-hybridized carbons (Fsp3) is 0.500. The van der Waals surface area contributed by atoms with E-state index in [-0.39, 0.29) is 6.42 Å². The Labute approximate surface area is 253 Å². The molecule has 0 spiro atoms. The molecule has 44 heavy (non-hydrogen) atoms. The Morgan fingerprint density at radius 3 is 1.91 bits per heavy atom. The minimum atomic E-state index is -1.68. The number of hydrogen-bond acceptors (Lipinski definition) is 9. The van der Waals surface area contributed by atoms with E-state index in [0.717, 1.165) is 10.9 Å². The first-order valence-corrected chi connectivity index (χ1v) is 13.9. The van der Waals surface area contributed by atoms with Crippen LogP contribution in [0.1, 0.15) is 39.7 Å². The number of aliphatic hydroxyl groups is 2. The molecular weight excluding hydrogens is 578 g/mol. The third-order valence-electron chi connectivity index (χ3n) is 6.88. The van der Waals surface area contributed by atoms with Crippen molar-refractivity contribution in [2.45, 2.75) is 83.0 Å². The molecule has 16 nitrogen and oxygen atoms in total. The van der Waals surface area contributed by atoms with E-state index in [0.29, 0.717) is 5.56 Å². The minimum Gasteiger partial charge on any atom is -0.480 e. The maximum atomic E-state index is 13.4. The van der Waals surface area contributed by atoms with E-state index >= 15 is 0 Å². The number of para-hydroxylation sites is 1. The number of aliphatic carboxylic acids is 1. The second kappa shape index (κ2) is 15.8. The molecule has 0 radical (unpaired) electrons. The lowest BCUT2D eigenvalue weighted by Gasteiger charge is -2.29. The number of H-pyrrole nitrogens is 1. The number of rotatable bonds is 16. The van der Waals surface area contributed by atoms with Gasteiger partial charge in [0.25, 0.3) is 0 Å². The molecule has 2 rings (SSSR count). The monoisotopic (exact) mass is 619 g/mol. The summed E-state index contributed by atoms with van der Waals surface area (Å²) < 4.78 is 0. The van der Waals surface area contributed by atoms with Crippen LogP contribution in [0.15, 0.2) is 30.5 Å². The molecule has 0 aliphatic rings. The van der Waals surface area contributed by atoms with Crippen molar-refractivity contribution in [3.63, 3.8) is 0 Å². The molecule has 5 amide bonds. The van der Waals surface area contributed by atoms with Gasteiger partial charge in [-0.1, -0.05) is 32.0 Å². The van der Waals surface area contributed by atoms with Crippen LogP contribution in [0.5, 0.6) is 0 Å². The summed E-state index contributed by atoms with van der Waals surface area (Å²) >= 11 is 0. The summed E-state index contributed by atoms with van der Waals surface area (Å²) in [5, 5.41) is 39.7. The van der Waals surface area contributed by atoms with Gasteiger partial charge in [0.15, 0.2) is 0 Å². The second-order valence-corrected chi connectivity index (χ2v) is 10.9. The number of carbonyl (C=O) groups excluding carboxylic acids is 5. The molecular formula is C28H41N7O9. The summed E-state index contributed by atoms with van der Waals surface area (Å²) in [4.78, 5) is 78.4. The zero-order chi connectivity index (χ0) is 33.3. The van der Waals surface area contributed by atoms with Crippen molar-refractivity contribution in [1.29, 1.82) is 0 Å². The average molecular weight is 620 g/mol. The number of fused-ring (bicyclic) bond motifs is 1. The summed E-state index contributed by atoms with van der Waals surface area (Å²) in [6.45, 7) is 5.75. The van der Waals surface area contributed by atoms with Crippen LogP contribution < -0.4 is 32.7 Å². The third kappa shape index (κ3) is 9.75. The zero-order valence-electron chi connectivity index (χ0n) is 24.9. The highest BCUT2D eigenvalue weighted by Crippen LogP contribution is 2.19. The molecule has 1 aromatic heterocycles. The van der Waals surface area contributed by atoms with E-state index in [2.05, 4.69) is 26.3 Å². The Morgan fingerprint density at radius 2 is 1.36 bits per heavy atom. The van der Waals surface area contributed by atoms with E-state index in [1.807, 2.05) is 0 Å². The van der Waals surface area contributed by atoms with Crippen molar-refractivity contribution in [2.24, 2.45) is 17.4 Å². The lowest BCUT2D eigenvalue weighted by Crippen LogP contribution is -2.62. The van der Waals surface area contributed by atoms with Gasteiger partial charge < -0.3 is 53.0 Å². The number of carbonyl (C=O) groups is 6. The molecule has 0 aliphatic carbocycles. The number of hydrogen-bond donors (Lipinski definition) is 10. The fourth-order valence-electron chi connectivity index (χ4n) is 4.32. The number of benzene rings is 1. The number of amides is 5. The van der Waals surface area contributed by atoms with Crippen LogP contribution in [0.2, 0.25) is 0 Å². The van der Waals surface area contributed by atoms with Crippen LogP contribution in [0.4, 0.5) is 0 Å². The molecule has 7 atom stereocenters. The number of nitrogens with one attached hydrogen (secondary N) is 5. The highest BCUT2D eigenvalue weighted by atomic mass is 16.4. The van der Waals surface area contributed by atoms with Crippen molar-refractivity contribution in [3.05, 3.63) is 36.0 Å². The van der Waals surface area contributed by atoms with Gasteiger partial charge in [-0.25, -0.2) is 4.79 Å². The minimum absolute atomic E-state index is 0.146. The van der Waals surface area contributed by atoms with Crippen molar-refractivity contribution in [3.8, 4) is 0 Å². The predicted molar refractivity (Wildman–Crippen MR) is 157 cm³/mol. The van der Waals surface area contributed by atoms with Gasteiger partial charge in [0.05, 0.1) is 18.6 Å². The number of primary amides is 1. The maximum absolute atomic E-state index is 13.4. The van der Waals surface area contributed by atoms with Crippen LogP contribution in [0.3, 0.4) is 0 Å². The highest BCUT2D eigenvalue weighted by Gasteiger charge is 2.35. The number of carboxylic acids is 1. The van der Waals surface area contributed by atoms with Crippen LogP contribution in [-0.4, -0.2) is 98.2 Å². The summed E-state index contributed by atoms with van der Waals surface area (Å²) in [5.74, 6) is -6.63. The number of nitrogens with two attached hydrogens (primary N) is 2. The molecule has 1 aromatic carbocycles. The standard InChI is InChI=1S/C28H41N7O9/c1-12(2)22(34-25(40)21(30)13(3)36)26(41)35-23(14(4)37)27(42)32-18(24(39)33-19(28(43)44)10-20(29)38)9-15-11-31-17-8-6-5-7-16(15)17/h5-8,11-14,18-19,21-23,31,36-37H,9-10,30H2,1-4H3,(H2,29,38)(H,32,42)(H,33,39)(H,34,40)(H,35,41)(H,43,44)/t13-,14-,18+,19+,21+,22+,23+/m1/s1. The molecule has 242 valence electrons. The first-order chi connectivity index (χ1) is 20.5. The first kappa shape index (κ1) is 35.7. The molecule has 0 aliphatic heterocycles. The van der Waals surface area contributed by atoms with Gasteiger partial charge in [-0.2, -0.15) is 0 Å². The number of aromatic nitrogens is 1. The lowest BCUT2D eigenvalue weighted by atomic mass is 10.0. The molecule has 0 saturated heterocycles. The summed E-state index contributed by atoms with van der Waals surface area (Å²) in [6, 6.07) is -0.161. The Morgan fingerprint density at radius 1 is 0.795 bits per heavy atom. The van der Waals surface area contributed by atoms with Gasteiger partial charge in [0.1, 0.15) is 30.2 Å². The largest absolute Gasteiger partial charge is 0.480 e. The van der Waals surface area contributed by atoms with Crippen LogP contribution in [-0.2, 0) is 35.2 Å². The molecule has 12 N–H and O–H groups in total. The van der Waals surface area contributed by atoms with Crippen LogP contribution in [0.25, 0.3) is 10.9 Å². The quantitative estimate of drug-likeness (QED) is 0.0932. The smallest absolute Gasteiger partial charge is 0.326 e. The van der Waals surface area contributed by atoms with Gasteiger partial charge in [-0.05, 0) is 31.4 Å². The van der Waals surface area contributed by atoms with E-state index < -0.39 is 90.3 Å². The van der Waals surface area contributed by atoms with Gasteiger partial charge in [0, 0.05) is 23.5 Å². The summed E-state index contributed by atoms with van der Waals surface area (Å²) in [5.41, 5.74) is 12.1. The number of aliphatic hydroxyl groups excluding tert-OH is 2. The third-order valence-corrected chi connectivity index (χ3v) is 6.88. The highest BCUT2D eigenvalue weighted by molar-refractivity contribution is 5.96. The Kier molecular flexibility index (Phi) is 12.8. The lowest BCUT2D eigenvalue weighted by molar-refractivity contribution is -0.144. The average Bonchev–Trinajstić information content (AvgIpc) is 3.34. The van der Waals surface area contributed by atoms with Crippen molar-refractivity contribution >= 4 is 46.4 Å². The summed E-state index contributed by atoms with van der Waals surface area (Å²) in [7, 11) is 0. The Bertz CT molecular complexity index is 1360. The number of aromatic amines is 1. The zero-order valence-corrected chi connectivity index (χ0v) is 24.9. The molecule has 0 fully saturated rings. The molecule has 0 unspecified atom stereocenters. The predicted octanol–water partition coefficient (Wildman–Crippen LogP) is -2.65. The maximum Gasteiger partial charge on any atom is 0.326 e. The topological polar surface area (TPSA) is 279 Å². The molecule has 1 heterocycles. The van der Waals surface area contributed by atoms with E-state index in [4.69, 9.17) is 11.5 Å². The fourth-order valence-corrected chi connectivity index (χ4v) is 4.32. The van der Waals surface area contributed by atoms with Crippen LogP contribution in [0, 0.1) is 5.92 Å². The van der Waals surface area contributed by atoms with Crippen molar-refractivity contribution in [2.75, 3.05) is 0 Å². The van der Waals surface area contributed by atoms with Gasteiger partial charge in [-0.15, -0.1) is 0 Å². The molecule has 0 bridgehead atoms. The normalized spacial score (nSPS) is 16.1. The van der Waals surface area contributed by atoms with Crippen molar-refractivity contribution in [1.82, 2.24) is 26.3 Å². The van der Waals surface area contributed by atoms with E-state index in [1.54, 1.807) is 44.3 Å². The van der Waals surface area contributed by atoms with E-state index in [1.165, 1.54) is 13.8 Å². The van der Waals surface area contributed by atoms with Gasteiger partial charge in [-0.3, -0.25) is 24.0 Å². The summed E-state index contributed by atoms with van der Waals surface area (Å²) in [6.07, 6.45) is -1.93. The number of carboxylic acid groups (broad SMARTS) is 1. The Balaban J connectivity index is 2.34. The first-order valence-electron chi connectivity index (χ1n) is 13.9. The van der Waals surface area contributed by atoms with Gasteiger partial charge in [0.2, 0.25) is 29.5 Å². The molecule has 0 saturated carbocycles. The second-order valence-electron chi connectivity index (χ2n) is 10.9. The molecule has 2 aromatic rings. The Hall–Kier alpha value is -4.54. The molecule has 16 heteroatoms.